The van der Waals surface area contributed by atoms with Gasteiger partial charge in [0, 0.05) is 5.39 Å². The number of aromatic hydroxyl groups is 1. The van der Waals surface area contributed by atoms with Gasteiger partial charge >= 0.3 is 5.97 Å². The number of nitrogens with one attached hydrogen (secondary N) is 1. The lowest BCUT2D eigenvalue weighted by atomic mass is 10.1. The number of ether oxygens (including phenoxy) is 1. The lowest BCUT2D eigenvalue weighted by molar-refractivity contribution is 0.0597. The van der Waals surface area contributed by atoms with Crippen LogP contribution in [0, 0.1) is 6.92 Å². The zero-order chi connectivity index (χ0) is 20.5. The van der Waals surface area contributed by atoms with Gasteiger partial charge in [-0.25, -0.2) is 9.48 Å². The number of amides is 1. The van der Waals surface area contributed by atoms with Crippen molar-refractivity contribution in [3.8, 4) is 11.4 Å². The second kappa shape index (κ2) is 7.40. The van der Waals surface area contributed by atoms with Gasteiger partial charge in [-0.05, 0) is 37.3 Å². The van der Waals surface area contributed by atoms with Crippen LogP contribution in [0.3, 0.4) is 0 Å². The molecule has 0 radical (unpaired) electrons. The molecule has 0 bridgehead atoms. The molecule has 0 fully saturated rings. The minimum absolute atomic E-state index is 0.0165. The molecular formula is C21H17N3O4S. The Kier molecular flexibility index (Phi) is 4.77. The smallest absolute Gasteiger partial charge is 0.341 e. The van der Waals surface area contributed by atoms with Crippen LogP contribution in [0.5, 0.6) is 5.75 Å². The summed E-state index contributed by atoms with van der Waals surface area (Å²) in [5, 5.41) is 18.4. The summed E-state index contributed by atoms with van der Waals surface area (Å²) < 4.78 is 6.45. The van der Waals surface area contributed by atoms with Gasteiger partial charge in [0.25, 0.3) is 5.91 Å². The average Bonchev–Trinajstić information content (AvgIpc) is 3.30. The van der Waals surface area contributed by atoms with E-state index in [0.29, 0.717) is 4.88 Å². The van der Waals surface area contributed by atoms with Gasteiger partial charge in [0.1, 0.15) is 10.4 Å². The molecule has 2 heterocycles. The number of aryl methyl sites for hydroxylation is 1. The molecule has 0 aliphatic carbocycles. The van der Waals surface area contributed by atoms with Gasteiger partial charge in [-0.15, -0.1) is 11.3 Å². The van der Waals surface area contributed by atoms with Crippen LogP contribution in [0.2, 0.25) is 0 Å². The van der Waals surface area contributed by atoms with E-state index < -0.39 is 5.97 Å². The van der Waals surface area contributed by atoms with Crippen LogP contribution in [0.1, 0.15) is 25.7 Å². The quantitative estimate of drug-likeness (QED) is 0.392. The Morgan fingerprint density at radius 1 is 1.14 bits per heavy atom. The third kappa shape index (κ3) is 3.34. The molecule has 8 heteroatoms. The second-order valence-corrected chi connectivity index (χ2v) is 7.34. The first-order valence-corrected chi connectivity index (χ1v) is 9.57. The first-order valence-electron chi connectivity index (χ1n) is 8.76. The summed E-state index contributed by atoms with van der Waals surface area (Å²) in [6.45, 7) is 1.89. The zero-order valence-electron chi connectivity index (χ0n) is 15.7. The van der Waals surface area contributed by atoms with E-state index in [1.807, 2.05) is 41.9 Å². The molecule has 146 valence electrons. The number of anilines is 1. The Hall–Kier alpha value is -3.65. The average molecular weight is 407 g/mol. The number of carbonyl (C=O) groups is 2. The van der Waals surface area contributed by atoms with Crippen molar-refractivity contribution in [3.63, 3.8) is 0 Å². The number of nitrogens with zero attached hydrogens (tertiary/aromatic N) is 2. The van der Waals surface area contributed by atoms with Gasteiger partial charge in [0.2, 0.25) is 0 Å². The molecule has 1 amide bonds. The molecule has 2 aromatic heterocycles. The number of aromatic nitrogens is 2. The first-order chi connectivity index (χ1) is 14.0. The highest BCUT2D eigenvalue weighted by Gasteiger charge is 2.20. The normalized spacial score (nSPS) is 10.8. The lowest BCUT2D eigenvalue weighted by Crippen LogP contribution is -2.11. The Balaban J connectivity index is 1.68. The summed E-state index contributed by atoms with van der Waals surface area (Å²) >= 11 is 1.30. The van der Waals surface area contributed by atoms with Gasteiger partial charge < -0.3 is 15.2 Å². The van der Waals surface area contributed by atoms with Crippen molar-refractivity contribution in [3.05, 3.63) is 70.7 Å². The molecule has 4 rings (SSSR count). The van der Waals surface area contributed by atoms with Crippen LogP contribution >= 0.6 is 11.3 Å². The van der Waals surface area contributed by atoms with E-state index >= 15 is 0 Å². The molecule has 0 spiro atoms. The summed E-state index contributed by atoms with van der Waals surface area (Å²) in [5.41, 5.74) is 1.84. The summed E-state index contributed by atoms with van der Waals surface area (Å²) in [6.07, 6.45) is 0. The van der Waals surface area contributed by atoms with E-state index in [0.717, 1.165) is 21.6 Å². The molecule has 0 aliphatic rings. The lowest BCUT2D eigenvalue weighted by Gasteiger charge is -2.09. The minimum atomic E-state index is -0.681. The van der Waals surface area contributed by atoms with Crippen LogP contribution in [-0.4, -0.2) is 33.9 Å². The standard InChI is InChI=1S/C21H17N3O4S/c1-12-15-11-17(29-20(15)24(23-12)13-7-4-3-5-8-13)19(26)22-16-10-6-9-14(18(16)25)21(27)28-2/h3-11,25H,1-2H3,(H,22,26). The van der Waals surface area contributed by atoms with Gasteiger partial charge in [-0.1, -0.05) is 24.3 Å². The Labute approximate surface area is 170 Å². The van der Waals surface area contributed by atoms with Gasteiger partial charge in [0.05, 0.1) is 29.1 Å². The highest BCUT2D eigenvalue weighted by Crippen LogP contribution is 2.32. The van der Waals surface area contributed by atoms with Gasteiger partial charge in [-0.2, -0.15) is 5.10 Å². The van der Waals surface area contributed by atoms with Crippen molar-refractivity contribution in [1.82, 2.24) is 9.78 Å². The molecule has 29 heavy (non-hydrogen) atoms. The number of thiophene rings is 1. The zero-order valence-corrected chi connectivity index (χ0v) is 16.5. The number of methoxy groups -OCH3 is 1. The van der Waals surface area contributed by atoms with Crippen LogP contribution in [0.15, 0.2) is 54.6 Å². The SMILES string of the molecule is COC(=O)c1cccc(NC(=O)c2cc3c(C)nn(-c4ccccc4)c3s2)c1O. The van der Waals surface area contributed by atoms with E-state index in [9.17, 15) is 14.7 Å². The molecular weight excluding hydrogens is 390 g/mol. The van der Waals surface area contributed by atoms with Crippen molar-refractivity contribution in [2.45, 2.75) is 6.92 Å². The maximum Gasteiger partial charge on any atom is 0.341 e. The van der Waals surface area contributed by atoms with E-state index in [1.54, 1.807) is 12.1 Å². The van der Waals surface area contributed by atoms with Crippen molar-refractivity contribution in [2.75, 3.05) is 12.4 Å². The third-order valence-corrected chi connectivity index (χ3v) is 5.57. The van der Waals surface area contributed by atoms with Crippen LogP contribution in [-0.2, 0) is 4.74 Å². The molecule has 2 N–H and O–H groups in total. The molecule has 7 nitrogen and oxygen atoms in total. The summed E-state index contributed by atoms with van der Waals surface area (Å²) in [7, 11) is 1.22. The number of carbonyl (C=O) groups excluding carboxylic acids is 2. The molecule has 0 atom stereocenters. The Bertz CT molecular complexity index is 1230. The number of phenols is 1. The van der Waals surface area contributed by atoms with Crippen LogP contribution < -0.4 is 5.32 Å². The first kappa shape index (κ1) is 18.7. The number of fused-ring (bicyclic) bond motifs is 1. The van der Waals surface area contributed by atoms with Crippen LogP contribution in [0.4, 0.5) is 5.69 Å². The number of phenolic OH excluding ortho intramolecular Hbond substituents is 1. The monoisotopic (exact) mass is 407 g/mol. The Morgan fingerprint density at radius 2 is 1.90 bits per heavy atom. The second-order valence-electron chi connectivity index (χ2n) is 6.31. The molecule has 0 saturated carbocycles. The van der Waals surface area contributed by atoms with Crippen molar-refractivity contribution < 1.29 is 19.4 Å². The number of esters is 1. The fourth-order valence-electron chi connectivity index (χ4n) is 3.01. The number of rotatable bonds is 4. The number of hydrogen-bond donors (Lipinski definition) is 2. The maximum atomic E-state index is 12.8. The number of para-hydroxylation sites is 2. The summed E-state index contributed by atoms with van der Waals surface area (Å²) in [5.74, 6) is -1.40. The molecule has 0 unspecified atom stereocenters. The minimum Gasteiger partial charge on any atom is -0.505 e. The van der Waals surface area contributed by atoms with Crippen LogP contribution in [0.25, 0.3) is 15.9 Å². The molecule has 2 aromatic carbocycles. The van der Waals surface area contributed by atoms with E-state index in [4.69, 9.17) is 0 Å². The Morgan fingerprint density at radius 3 is 2.62 bits per heavy atom. The molecule has 0 aliphatic heterocycles. The molecule has 4 aromatic rings. The van der Waals surface area contributed by atoms with E-state index in [-0.39, 0.29) is 22.9 Å². The predicted octanol–water partition coefficient (Wildman–Crippen LogP) is 4.14. The number of hydrogen-bond acceptors (Lipinski definition) is 6. The topological polar surface area (TPSA) is 93.5 Å². The van der Waals surface area contributed by atoms with Crippen molar-refractivity contribution in [1.29, 1.82) is 0 Å². The summed E-state index contributed by atoms with van der Waals surface area (Å²) in [6, 6.07) is 16.0. The fraction of sp³-hybridized carbons (Fsp3) is 0.0952. The largest absolute Gasteiger partial charge is 0.505 e. The predicted molar refractivity (Wildman–Crippen MR) is 111 cm³/mol. The molecule has 0 saturated heterocycles. The van der Waals surface area contributed by atoms with Crippen molar-refractivity contribution >= 4 is 39.1 Å². The van der Waals surface area contributed by atoms with E-state index in [1.165, 1.54) is 30.6 Å². The third-order valence-electron chi connectivity index (χ3n) is 4.46. The highest BCUT2D eigenvalue weighted by atomic mass is 32.1. The maximum absolute atomic E-state index is 12.8. The number of benzene rings is 2. The van der Waals surface area contributed by atoms with Gasteiger partial charge in [0.15, 0.2) is 5.75 Å². The van der Waals surface area contributed by atoms with Gasteiger partial charge in [-0.3, -0.25) is 4.79 Å². The fourth-order valence-corrected chi connectivity index (χ4v) is 4.08. The summed E-state index contributed by atoms with van der Waals surface area (Å²) in [4.78, 5) is 25.8. The van der Waals surface area contributed by atoms with Crippen molar-refractivity contribution in [2.24, 2.45) is 0 Å². The highest BCUT2D eigenvalue weighted by molar-refractivity contribution is 7.20. The van der Waals surface area contributed by atoms with E-state index in [2.05, 4.69) is 15.2 Å².